The number of alkyl halides is 3. The van der Waals surface area contributed by atoms with Gasteiger partial charge in [0, 0.05) is 31.9 Å². The van der Waals surface area contributed by atoms with Crippen LogP contribution in [0.2, 0.25) is 0 Å². The van der Waals surface area contributed by atoms with Crippen LogP contribution in [0.4, 0.5) is 13.2 Å². The lowest BCUT2D eigenvalue weighted by atomic mass is 9.91. The van der Waals surface area contributed by atoms with Gasteiger partial charge in [-0.15, -0.1) is 0 Å². The second kappa shape index (κ2) is 8.80. The third-order valence-corrected chi connectivity index (χ3v) is 5.39. The van der Waals surface area contributed by atoms with Crippen molar-refractivity contribution in [2.75, 3.05) is 13.1 Å². The Bertz CT molecular complexity index is 800. The van der Waals surface area contributed by atoms with E-state index in [1.54, 1.807) is 12.3 Å². The van der Waals surface area contributed by atoms with Crippen LogP contribution in [0.15, 0.2) is 36.7 Å². The molecule has 0 unspecified atom stereocenters. The molecule has 0 aliphatic carbocycles. The smallest absolute Gasteiger partial charge is 0.341 e. The molecule has 0 bridgehead atoms. The monoisotopic (exact) mass is 393 g/mol. The topological polar surface area (TPSA) is 38.1 Å². The first-order valence-corrected chi connectivity index (χ1v) is 9.80. The molecule has 3 rings (SSSR count). The van der Waals surface area contributed by atoms with Gasteiger partial charge in [-0.2, -0.15) is 13.2 Å². The van der Waals surface area contributed by atoms with Gasteiger partial charge in [-0.05, 0) is 43.2 Å². The van der Waals surface area contributed by atoms with Crippen LogP contribution in [0.1, 0.15) is 43.1 Å². The molecule has 7 heteroatoms. The van der Waals surface area contributed by atoms with Crippen LogP contribution >= 0.6 is 0 Å². The van der Waals surface area contributed by atoms with Gasteiger partial charge < -0.3 is 9.47 Å². The third-order valence-electron chi connectivity index (χ3n) is 5.39. The van der Waals surface area contributed by atoms with Gasteiger partial charge >= 0.3 is 6.18 Å². The van der Waals surface area contributed by atoms with Crippen molar-refractivity contribution >= 4 is 5.91 Å². The van der Waals surface area contributed by atoms with Crippen molar-refractivity contribution in [2.45, 2.75) is 51.7 Å². The summed E-state index contributed by atoms with van der Waals surface area (Å²) in [7, 11) is 0. The lowest BCUT2D eigenvalue weighted by Crippen LogP contribution is -2.41. The van der Waals surface area contributed by atoms with Gasteiger partial charge in [0.25, 0.3) is 0 Å². The molecule has 152 valence electrons. The van der Waals surface area contributed by atoms with Crippen LogP contribution in [0.5, 0.6) is 0 Å². The number of amides is 1. The second-order valence-electron chi connectivity index (χ2n) is 7.41. The summed E-state index contributed by atoms with van der Waals surface area (Å²) in [6.45, 7) is 3.72. The van der Waals surface area contributed by atoms with Crippen molar-refractivity contribution in [2.24, 2.45) is 5.92 Å². The van der Waals surface area contributed by atoms with E-state index in [2.05, 4.69) is 4.98 Å². The highest BCUT2D eigenvalue weighted by Crippen LogP contribution is 2.30. The van der Waals surface area contributed by atoms with Crippen LogP contribution in [-0.4, -0.2) is 33.4 Å². The maximum Gasteiger partial charge on any atom is 0.416 e. The van der Waals surface area contributed by atoms with Crippen LogP contribution in [0, 0.1) is 5.92 Å². The van der Waals surface area contributed by atoms with E-state index in [4.69, 9.17) is 0 Å². The van der Waals surface area contributed by atoms with Gasteiger partial charge in [0.1, 0.15) is 12.4 Å². The molecule has 0 radical (unpaired) electrons. The van der Waals surface area contributed by atoms with E-state index >= 15 is 0 Å². The summed E-state index contributed by atoms with van der Waals surface area (Å²) in [6.07, 6.45) is 3.33. The molecule has 1 aliphatic heterocycles. The number of hydrogen-bond acceptors (Lipinski definition) is 2. The average Bonchev–Trinajstić information content (AvgIpc) is 3.13. The molecule has 1 fully saturated rings. The lowest BCUT2D eigenvalue weighted by Gasteiger charge is -2.33. The van der Waals surface area contributed by atoms with Crippen molar-refractivity contribution in [3.8, 4) is 0 Å². The first-order chi connectivity index (χ1) is 13.4. The number of carbonyl (C=O) groups excluding carboxylic acids is 1. The van der Waals surface area contributed by atoms with E-state index < -0.39 is 11.7 Å². The summed E-state index contributed by atoms with van der Waals surface area (Å²) in [4.78, 5) is 18.8. The lowest BCUT2D eigenvalue weighted by molar-refractivity contribution is -0.137. The highest BCUT2D eigenvalue weighted by atomic mass is 19.4. The highest BCUT2D eigenvalue weighted by Gasteiger charge is 2.30. The van der Waals surface area contributed by atoms with Crippen LogP contribution in [0.25, 0.3) is 0 Å². The number of piperidine rings is 1. The van der Waals surface area contributed by atoms with Crippen molar-refractivity contribution in [3.05, 3.63) is 53.6 Å². The number of likely N-dealkylation sites (tertiary alicyclic amines) is 1. The van der Waals surface area contributed by atoms with Crippen LogP contribution < -0.4 is 0 Å². The van der Waals surface area contributed by atoms with Crippen molar-refractivity contribution < 1.29 is 18.0 Å². The molecular formula is C21H26F3N3O. The Morgan fingerprint density at radius 2 is 2.14 bits per heavy atom. The van der Waals surface area contributed by atoms with E-state index in [1.165, 1.54) is 12.1 Å². The maximum absolute atomic E-state index is 12.9. The predicted molar refractivity (Wildman–Crippen MR) is 101 cm³/mol. The molecule has 2 heterocycles. The number of benzene rings is 1. The molecule has 28 heavy (non-hydrogen) atoms. The van der Waals surface area contributed by atoms with E-state index in [9.17, 15) is 18.0 Å². The van der Waals surface area contributed by atoms with Gasteiger partial charge in [-0.25, -0.2) is 4.98 Å². The Kier molecular flexibility index (Phi) is 6.42. The van der Waals surface area contributed by atoms with Gasteiger partial charge in [-0.1, -0.05) is 25.1 Å². The average molecular weight is 393 g/mol. The molecule has 1 aromatic carbocycles. The van der Waals surface area contributed by atoms with Gasteiger partial charge in [0.05, 0.1) is 5.56 Å². The van der Waals surface area contributed by atoms with E-state index in [1.807, 2.05) is 22.6 Å². The minimum atomic E-state index is -4.31. The minimum absolute atomic E-state index is 0.0801. The molecule has 1 aliphatic rings. The summed E-state index contributed by atoms with van der Waals surface area (Å²) in [5.74, 6) is 1.30. The number of imidazole rings is 1. The number of aromatic nitrogens is 2. The molecule has 1 atom stereocenters. The summed E-state index contributed by atoms with van der Waals surface area (Å²) in [5.41, 5.74) is 0.0989. The van der Waals surface area contributed by atoms with Gasteiger partial charge in [-0.3, -0.25) is 4.79 Å². The summed E-state index contributed by atoms with van der Waals surface area (Å²) >= 11 is 0. The molecule has 0 N–H and O–H groups in total. The predicted octanol–water partition coefficient (Wildman–Crippen LogP) is 4.34. The third kappa shape index (κ3) is 5.14. The Morgan fingerprint density at radius 3 is 2.89 bits per heavy atom. The normalized spacial score (nSPS) is 17.7. The van der Waals surface area contributed by atoms with Crippen molar-refractivity contribution in [1.82, 2.24) is 14.5 Å². The fourth-order valence-corrected chi connectivity index (χ4v) is 3.85. The van der Waals surface area contributed by atoms with Crippen LogP contribution in [-0.2, 0) is 30.4 Å². The number of halogens is 3. The largest absolute Gasteiger partial charge is 0.416 e. The second-order valence-corrected chi connectivity index (χ2v) is 7.41. The van der Waals surface area contributed by atoms with Gasteiger partial charge in [0.2, 0.25) is 5.91 Å². The maximum atomic E-state index is 12.9. The fraction of sp³-hybridized carbons (Fsp3) is 0.524. The van der Waals surface area contributed by atoms with E-state index in [0.717, 1.165) is 44.1 Å². The number of carbonyl (C=O) groups is 1. The van der Waals surface area contributed by atoms with Crippen molar-refractivity contribution in [1.29, 1.82) is 0 Å². The molecule has 0 spiro atoms. The SMILES string of the molecule is CCc1nccn1CC(=O)N1CCC[C@H](CCc2cccc(C(F)(F)F)c2)C1. The van der Waals surface area contributed by atoms with E-state index in [0.29, 0.717) is 31.0 Å². The quantitative estimate of drug-likeness (QED) is 0.732. The first-order valence-electron chi connectivity index (χ1n) is 9.80. The van der Waals surface area contributed by atoms with Gasteiger partial charge in [0.15, 0.2) is 0 Å². The summed E-state index contributed by atoms with van der Waals surface area (Å²) < 4.78 is 40.5. The Labute approximate surface area is 163 Å². The standard InChI is InChI=1S/C21H26F3N3O/c1-2-19-25-10-12-26(19)15-20(28)27-11-4-6-17(14-27)9-8-16-5-3-7-18(13-16)21(22,23)24/h3,5,7,10,12-13,17H,2,4,6,8-9,11,14-15H2,1H3/t17-/m1/s1. The van der Waals surface area contributed by atoms with E-state index in [-0.39, 0.29) is 5.91 Å². The number of hydrogen-bond donors (Lipinski definition) is 0. The zero-order chi connectivity index (χ0) is 20.1. The van der Waals surface area contributed by atoms with Crippen LogP contribution in [0.3, 0.4) is 0 Å². The molecular weight excluding hydrogens is 367 g/mol. The molecule has 1 saturated heterocycles. The Hall–Kier alpha value is -2.31. The summed E-state index contributed by atoms with van der Waals surface area (Å²) in [5, 5.41) is 0. The molecule has 2 aromatic rings. The fourth-order valence-electron chi connectivity index (χ4n) is 3.85. The zero-order valence-corrected chi connectivity index (χ0v) is 16.1. The molecule has 1 amide bonds. The zero-order valence-electron chi connectivity index (χ0n) is 16.1. The molecule has 1 aromatic heterocycles. The number of nitrogens with zero attached hydrogens (tertiary/aromatic N) is 3. The minimum Gasteiger partial charge on any atom is -0.341 e. The number of aryl methyl sites for hydroxylation is 2. The number of rotatable bonds is 6. The van der Waals surface area contributed by atoms with Crippen molar-refractivity contribution in [3.63, 3.8) is 0 Å². The Balaban J connectivity index is 1.54. The Morgan fingerprint density at radius 1 is 1.32 bits per heavy atom. The summed E-state index contributed by atoms with van der Waals surface area (Å²) in [6, 6.07) is 5.54. The first kappa shape index (κ1) is 20.4. The molecule has 4 nitrogen and oxygen atoms in total. The highest BCUT2D eigenvalue weighted by molar-refractivity contribution is 5.76. The molecule has 0 saturated carbocycles.